The van der Waals surface area contributed by atoms with E-state index in [1.807, 2.05) is 13.8 Å². The summed E-state index contributed by atoms with van der Waals surface area (Å²) in [6.45, 7) is 4.42. The summed E-state index contributed by atoms with van der Waals surface area (Å²) in [4.78, 5) is 31.3. The molecule has 8 heteroatoms. The molecule has 0 unspecified atom stereocenters. The van der Waals surface area contributed by atoms with Gasteiger partial charge in [-0.1, -0.05) is 19.0 Å². The Kier molecular flexibility index (Phi) is 4.56. The molecular formula is C21H17N5O3. The predicted molar refractivity (Wildman–Crippen MR) is 107 cm³/mol. The maximum Gasteiger partial charge on any atom is 0.316 e. The van der Waals surface area contributed by atoms with Crippen LogP contribution in [0.5, 0.6) is 0 Å². The lowest BCUT2D eigenvalue weighted by Gasteiger charge is -2.12. The predicted octanol–water partition coefficient (Wildman–Crippen LogP) is 2.93. The fraction of sp³-hybridized carbons (Fsp3) is 0.190. The molecule has 29 heavy (non-hydrogen) atoms. The minimum atomic E-state index is -0.665. The van der Waals surface area contributed by atoms with E-state index in [1.54, 1.807) is 42.5 Å². The Hall–Kier alpha value is -3.99. The van der Waals surface area contributed by atoms with Gasteiger partial charge in [-0.25, -0.2) is 0 Å². The Morgan fingerprint density at radius 1 is 1.14 bits per heavy atom. The van der Waals surface area contributed by atoms with Crippen LogP contribution < -0.4 is 11.1 Å². The summed E-state index contributed by atoms with van der Waals surface area (Å²) in [5.74, 6) is 0.890. The molecule has 0 aliphatic heterocycles. The molecule has 2 heterocycles. The summed E-state index contributed by atoms with van der Waals surface area (Å²) in [6, 6.07) is 14.1. The summed E-state index contributed by atoms with van der Waals surface area (Å²) in [5.41, 5.74) is 1.82. The number of nitrogens with zero attached hydrogens (tertiary/aromatic N) is 4. The Morgan fingerprint density at radius 2 is 1.86 bits per heavy atom. The van der Waals surface area contributed by atoms with Crippen LogP contribution in [0.1, 0.15) is 19.4 Å². The third-order valence-electron chi connectivity index (χ3n) is 4.47. The van der Waals surface area contributed by atoms with Crippen LogP contribution in [-0.4, -0.2) is 19.7 Å². The average molecular weight is 387 g/mol. The van der Waals surface area contributed by atoms with Gasteiger partial charge in [-0.3, -0.25) is 9.59 Å². The van der Waals surface area contributed by atoms with E-state index in [1.165, 1.54) is 4.57 Å². The largest absolute Gasteiger partial charge is 0.334 e. The first-order chi connectivity index (χ1) is 14.0. The van der Waals surface area contributed by atoms with Crippen molar-refractivity contribution < 1.29 is 4.52 Å². The number of hydrogen-bond donors (Lipinski definition) is 1. The summed E-state index contributed by atoms with van der Waals surface area (Å²) < 4.78 is 6.83. The molecule has 0 spiro atoms. The quantitative estimate of drug-likeness (QED) is 0.538. The lowest BCUT2D eigenvalue weighted by molar-refractivity contribution is 0.432. The van der Waals surface area contributed by atoms with Crippen molar-refractivity contribution in [2.24, 2.45) is 5.92 Å². The molecule has 0 aliphatic carbocycles. The third kappa shape index (κ3) is 3.46. The van der Waals surface area contributed by atoms with E-state index in [4.69, 9.17) is 9.78 Å². The summed E-state index contributed by atoms with van der Waals surface area (Å²) >= 11 is 0. The Balaban J connectivity index is 1.76. The molecule has 0 aliphatic rings. The highest BCUT2D eigenvalue weighted by atomic mass is 16.5. The molecule has 0 radical (unpaired) electrons. The molecule has 0 fully saturated rings. The molecule has 2 aromatic carbocycles. The number of nitrogens with one attached hydrogen (secondary N) is 1. The van der Waals surface area contributed by atoms with Crippen LogP contribution in [0.3, 0.4) is 0 Å². The summed E-state index contributed by atoms with van der Waals surface area (Å²) in [6.07, 6.45) is 0. The molecular weight excluding hydrogens is 370 g/mol. The van der Waals surface area contributed by atoms with Crippen molar-refractivity contribution in [3.63, 3.8) is 0 Å². The Morgan fingerprint density at radius 3 is 2.55 bits per heavy atom. The number of H-pyrrole nitrogens is 1. The first-order valence-corrected chi connectivity index (χ1v) is 9.08. The number of rotatable bonds is 4. The van der Waals surface area contributed by atoms with E-state index in [-0.39, 0.29) is 5.92 Å². The first kappa shape index (κ1) is 18.4. The topological polar surface area (TPSA) is 118 Å². The molecule has 2 aromatic heterocycles. The van der Waals surface area contributed by atoms with Crippen molar-refractivity contribution in [2.75, 3.05) is 0 Å². The minimum Gasteiger partial charge on any atom is -0.334 e. The molecule has 8 nitrogen and oxygen atoms in total. The SMILES string of the molecule is CC(C)Cn1c(=O)c(=O)[nH]c2cc(-c3noc(-c4ccc(C#N)cc4)n3)ccc21. The van der Waals surface area contributed by atoms with Gasteiger partial charge in [-0.05, 0) is 48.4 Å². The smallest absolute Gasteiger partial charge is 0.316 e. The van der Waals surface area contributed by atoms with Crippen molar-refractivity contribution in [2.45, 2.75) is 20.4 Å². The minimum absolute atomic E-state index is 0.213. The maximum atomic E-state index is 12.2. The third-order valence-corrected chi connectivity index (χ3v) is 4.47. The van der Waals surface area contributed by atoms with Crippen LogP contribution in [0, 0.1) is 17.2 Å². The molecule has 0 atom stereocenters. The zero-order valence-corrected chi connectivity index (χ0v) is 15.8. The van der Waals surface area contributed by atoms with Crippen molar-refractivity contribution in [3.05, 3.63) is 68.7 Å². The van der Waals surface area contributed by atoms with Crippen molar-refractivity contribution >= 4 is 11.0 Å². The normalized spacial score (nSPS) is 11.1. The maximum absolute atomic E-state index is 12.2. The van der Waals surface area contributed by atoms with Gasteiger partial charge >= 0.3 is 11.1 Å². The van der Waals surface area contributed by atoms with E-state index in [9.17, 15) is 9.59 Å². The van der Waals surface area contributed by atoms with Gasteiger partial charge in [0.05, 0.1) is 22.7 Å². The molecule has 0 saturated carbocycles. The second-order valence-corrected chi connectivity index (χ2v) is 7.11. The molecule has 0 bridgehead atoms. The zero-order chi connectivity index (χ0) is 20.5. The van der Waals surface area contributed by atoms with Gasteiger partial charge in [0.25, 0.3) is 5.89 Å². The fourth-order valence-electron chi connectivity index (χ4n) is 3.11. The molecule has 1 N–H and O–H groups in total. The van der Waals surface area contributed by atoms with Crippen LogP contribution >= 0.6 is 0 Å². The van der Waals surface area contributed by atoms with Gasteiger partial charge in [-0.2, -0.15) is 10.2 Å². The van der Waals surface area contributed by atoms with E-state index in [0.717, 1.165) is 0 Å². The van der Waals surface area contributed by atoms with Crippen molar-refractivity contribution in [1.29, 1.82) is 5.26 Å². The van der Waals surface area contributed by atoms with Crippen LogP contribution in [0.25, 0.3) is 33.9 Å². The van der Waals surface area contributed by atoms with Gasteiger partial charge in [0.1, 0.15) is 0 Å². The highest BCUT2D eigenvalue weighted by molar-refractivity contribution is 5.80. The van der Waals surface area contributed by atoms with Crippen LogP contribution in [0.2, 0.25) is 0 Å². The van der Waals surface area contributed by atoms with Gasteiger partial charge in [0, 0.05) is 17.7 Å². The monoisotopic (exact) mass is 387 g/mol. The van der Waals surface area contributed by atoms with Crippen LogP contribution in [0.15, 0.2) is 56.6 Å². The highest BCUT2D eigenvalue weighted by Gasteiger charge is 2.14. The molecule has 0 saturated heterocycles. The molecule has 144 valence electrons. The fourth-order valence-corrected chi connectivity index (χ4v) is 3.11. The number of fused-ring (bicyclic) bond motifs is 1. The van der Waals surface area contributed by atoms with Crippen LogP contribution in [-0.2, 0) is 6.54 Å². The van der Waals surface area contributed by atoms with E-state index < -0.39 is 11.1 Å². The Labute approximate surface area is 165 Å². The number of hydrogen-bond acceptors (Lipinski definition) is 6. The zero-order valence-electron chi connectivity index (χ0n) is 15.8. The number of aromatic amines is 1. The number of benzene rings is 2. The van der Waals surface area contributed by atoms with Crippen LogP contribution in [0.4, 0.5) is 0 Å². The van der Waals surface area contributed by atoms with E-state index >= 15 is 0 Å². The second kappa shape index (κ2) is 7.20. The lowest BCUT2D eigenvalue weighted by atomic mass is 10.1. The van der Waals surface area contributed by atoms with Gasteiger partial charge in [-0.15, -0.1) is 0 Å². The highest BCUT2D eigenvalue weighted by Crippen LogP contribution is 2.24. The van der Waals surface area contributed by atoms with Gasteiger partial charge in [0.2, 0.25) is 5.82 Å². The summed E-state index contributed by atoms with van der Waals surface area (Å²) in [5, 5.41) is 12.9. The van der Waals surface area contributed by atoms with E-state index in [2.05, 4.69) is 21.2 Å². The number of aromatic nitrogens is 4. The standard InChI is InChI=1S/C21H17N5O3/c1-12(2)11-26-17-8-7-15(9-16(17)23-19(27)21(26)28)18-24-20(29-25-18)14-5-3-13(10-22)4-6-14/h3-9,12H,11H2,1-2H3,(H,23,27). The van der Waals surface area contributed by atoms with Gasteiger partial charge < -0.3 is 14.1 Å². The lowest BCUT2D eigenvalue weighted by Crippen LogP contribution is -2.37. The number of nitriles is 1. The summed E-state index contributed by atoms with van der Waals surface area (Å²) in [7, 11) is 0. The second-order valence-electron chi connectivity index (χ2n) is 7.11. The molecule has 4 aromatic rings. The molecule has 0 amide bonds. The van der Waals surface area contributed by atoms with Gasteiger partial charge in [0.15, 0.2) is 0 Å². The van der Waals surface area contributed by atoms with Crippen molar-refractivity contribution in [3.8, 4) is 28.9 Å². The van der Waals surface area contributed by atoms with E-state index in [0.29, 0.717) is 46.0 Å². The Bertz CT molecular complexity index is 1350. The average Bonchev–Trinajstić information content (AvgIpc) is 3.21. The van der Waals surface area contributed by atoms with Crippen molar-refractivity contribution in [1.82, 2.24) is 19.7 Å². The molecule has 4 rings (SSSR count). The first-order valence-electron chi connectivity index (χ1n) is 9.08.